The molecule has 2 aromatic rings. The lowest BCUT2D eigenvalue weighted by molar-refractivity contribution is 0.187. The van der Waals surface area contributed by atoms with E-state index in [1.54, 1.807) is 18.8 Å². The second-order valence-electron chi connectivity index (χ2n) is 3.95. The van der Waals surface area contributed by atoms with Crippen LogP contribution < -0.4 is 5.73 Å². The maximum atomic E-state index is 5.86. The van der Waals surface area contributed by atoms with Crippen molar-refractivity contribution in [1.29, 1.82) is 0 Å². The Kier molecular flexibility index (Phi) is 4.01. The molecule has 0 spiro atoms. The Balaban J connectivity index is 2.10. The van der Waals surface area contributed by atoms with Crippen LogP contribution in [0.1, 0.15) is 24.3 Å². The number of furan rings is 2. The van der Waals surface area contributed by atoms with Crippen molar-refractivity contribution in [1.82, 2.24) is 4.90 Å². The fourth-order valence-electron chi connectivity index (χ4n) is 2.01. The molecule has 0 aliphatic heterocycles. The Hall–Kier alpha value is -1.52. The van der Waals surface area contributed by atoms with Crippen LogP contribution in [0.4, 0.5) is 0 Å². The van der Waals surface area contributed by atoms with Crippen molar-refractivity contribution in [3.63, 3.8) is 0 Å². The van der Waals surface area contributed by atoms with Crippen LogP contribution >= 0.6 is 0 Å². The number of hydrogen-bond donors (Lipinski definition) is 1. The molecule has 0 radical (unpaired) electrons. The highest BCUT2D eigenvalue weighted by Crippen LogP contribution is 2.22. The van der Waals surface area contributed by atoms with Gasteiger partial charge >= 0.3 is 0 Å². The summed E-state index contributed by atoms with van der Waals surface area (Å²) in [4.78, 5) is 2.27. The van der Waals surface area contributed by atoms with Crippen LogP contribution in [0.2, 0.25) is 0 Å². The van der Waals surface area contributed by atoms with E-state index in [2.05, 4.69) is 11.8 Å². The summed E-state index contributed by atoms with van der Waals surface area (Å²) in [5, 5.41) is 0. The zero-order chi connectivity index (χ0) is 12.1. The zero-order valence-corrected chi connectivity index (χ0v) is 10.0. The molecule has 4 nitrogen and oxygen atoms in total. The van der Waals surface area contributed by atoms with Gasteiger partial charge in [0.15, 0.2) is 0 Å². The van der Waals surface area contributed by atoms with Gasteiger partial charge in [-0.05, 0) is 24.7 Å². The van der Waals surface area contributed by atoms with Gasteiger partial charge in [-0.1, -0.05) is 6.92 Å². The Morgan fingerprint density at radius 3 is 2.76 bits per heavy atom. The molecular formula is C13H18N2O2. The smallest absolute Gasteiger partial charge is 0.117 e. The van der Waals surface area contributed by atoms with Crippen LogP contribution in [0.15, 0.2) is 45.8 Å². The van der Waals surface area contributed by atoms with Crippen molar-refractivity contribution in [2.45, 2.75) is 19.5 Å². The Bertz CT molecular complexity index is 409. The van der Waals surface area contributed by atoms with Gasteiger partial charge in [0.25, 0.3) is 0 Å². The molecule has 92 valence electrons. The van der Waals surface area contributed by atoms with E-state index in [0.717, 1.165) is 24.4 Å². The standard InChI is InChI=1S/C13H18N2O2/c1-2-15(9-12-4-3-6-17-12)13(8-14)11-5-7-16-10-11/h3-7,10,13H,2,8-9,14H2,1H3. The minimum atomic E-state index is 0.170. The fourth-order valence-corrected chi connectivity index (χ4v) is 2.01. The average Bonchev–Trinajstić information content (AvgIpc) is 3.00. The number of nitrogens with two attached hydrogens (primary N) is 1. The van der Waals surface area contributed by atoms with Crippen LogP contribution in [0.5, 0.6) is 0 Å². The van der Waals surface area contributed by atoms with Gasteiger partial charge in [0.1, 0.15) is 5.76 Å². The molecule has 2 N–H and O–H groups in total. The van der Waals surface area contributed by atoms with Gasteiger partial charge in [0, 0.05) is 12.1 Å². The van der Waals surface area contributed by atoms with Gasteiger partial charge in [-0.25, -0.2) is 0 Å². The largest absolute Gasteiger partial charge is 0.472 e. The zero-order valence-electron chi connectivity index (χ0n) is 10.0. The Morgan fingerprint density at radius 1 is 1.35 bits per heavy atom. The van der Waals surface area contributed by atoms with E-state index in [9.17, 15) is 0 Å². The molecule has 2 aromatic heterocycles. The third-order valence-corrected chi connectivity index (χ3v) is 2.94. The van der Waals surface area contributed by atoms with E-state index < -0.39 is 0 Å². The van der Waals surface area contributed by atoms with Crippen molar-refractivity contribution in [3.05, 3.63) is 48.3 Å². The molecule has 0 bridgehead atoms. The molecule has 0 aromatic carbocycles. The van der Waals surface area contributed by atoms with Gasteiger partial charge in [0.05, 0.1) is 31.4 Å². The van der Waals surface area contributed by atoms with Crippen LogP contribution in [-0.2, 0) is 6.54 Å². The lowest BCUT2D eigenvalue weighted by atomic mass is 10.1. The first kappa shape index (κ1) is 12.0. The quantitative estimate of drug-likeness (QED) is 0.833. The second kappa shape index (κ2) is 5.70. The summed E-state index contributed by atoms with van der Waals surface area (Å²) >= 11 is 0. The highest BCUT2D eigenvalue weighted by Gasteiger charge is 2.19. The third-order valence-electron chi connectivity index (χ3n) is 2.94. The van der Waals surface area contributed by atoms with E-state index in [0.29, 0.717) is 6.54 Å². The predicted octanol–water partition coefficient (Wildman–Crippen LogP) is 2.39. The molecule has 1 atom stereocenters. The summed E-state index contributed by atoms with van der Waals surface area (Å²) < 4.78 is 10.5. The summed E-state index contributed by atoms with van der Waals surface area (Å²) in [7, 11) is 0. The van der Waals surface area contributed by atoms with Crippen LogP contribution in [-0.4, -0.2) is 18.0 Å². The number of hydrogen-bond acceptors (Lipinski definition) is 4. The molecule has 17 heavy (non-hydrogen) atoms. The fraction of sp³-hybridized carbons (Fsp3) is 0.385. The first-order chi connectivity index (χ1) is 8.35. The lowest BCUT2D eigenvalue weighted by Gasteiger charge is -2.28. The lowest BCUT2D eigenvalue weighted by Crippen LogP contribution is -2.32. The summed E-state index contributed by atoms with van der Waals surface area (Å²) in [5.74, 6) is 0.953. The van der Waals surface area contributed by atoms with Crippen molar-refractivity contribution < 1.29 is 8.83 Å². The highest BCUT2D eigenvalue weighted by molar-refractivity contribution is 5.13. The molecule has 0 aliphatic carbocycles. The van der Waals surface area contributed by atoms with Crippen LogP contribution in [0, 0.1) is 0 Å². The van der Waals surface area contributed by atoms with Gasteiger partial charge < -0.3 is 14.6 Å². The van der Waals surface area contributed by atoms with E-state index in [1.807, 2.05) is 18.2 Å². The Morgan fingerprint density at radius 2 is 2.24 bits per heavy atom. The number of likely N-dealkylation sites (N-methyl/N-ethyl adjacent to an activating group) is 1. The third kappa shape index (κ3) is 2.78. The van der Waals surface area contributed by atoms with Crippen molar-refractivity contribution in [2.24, 2.45) is 5.73 Å². The normalized spacial score (nSPS) is 13.1. The molecule has 0 saturated carbocycles. The number of rotatable bonds is 6. The maximum Gasteiger partial charge on any atom is 0.117 e. The molecule has 0 saturated heterocycles. The predicted molar refractivity (Wildman–Crippen MR) is 65.3 cm³/mol. The van der Waals surface area contributed by atoms with E-state index in [-0.39, 0.29) is 6.04 Å². The van der Waals surface area contributed by atoms with Crippen molar-refractivity contribution >= 4 is 0 Å². The second-order valence-corrected chi connectivity index (χ2v) is 3.95. The van der Waals surface area contributed by atoms with Crippen LogP contribution in [0.3, 0.4) is 0 Å². The maximum absolute atomic E-state index is 5.86. The first-order valence-electron chi connectivity index (χ1n) is 5.83. The SMILES string of the molecule is CCN(Cc1ccco1)C(CN)c1ccoc1. The average molecular weight is 234 g/mol. The van der Waals surface area contributed by atoms with Crippen molar-refractivity contribution in [2.75, 3.05) is 13.1 Å². The van der Waals surface area contributed by atoms with E-state index in [4.69, 9.17) is 14.6 Å². The minimum absolute atomic E-state index is 0.170. The van der Waals surface area contributed by atoms with Gasteiger partial charge in [0.2, 0.25) is 0 Å². The Labute approximate surface area is 101 Å². The van der Waals surface area contributed by atoms with Gasteiger partial charge in [-0.3, -0.25) is 4.90 Å². The monoisotopic (exact) mass is 234 g/mol. The first-order valence-corrected chi connectivity index (χ1v) is 5.83. The highest BCUT2D eigenvalue weighted by atomic mass is 16.3. The summed E-state index contributed by atoms with van der Waals surface area (Å²) in [6.45, 7) is 4.35. The van der Waals surface area contributed by atoms with Crippen LogP contribution in [0.25, 0.3) is 0 Å². The van der Waals surface area contributed by atoms with Gasteiger partial charge in [-0.2, -0.15) is 0 Å². The minimum Gasteiger partial charge on any atom is -0.472 e. The molecule has 2 heterocycles. The molecule has 0 aliphatic rings. The summed E-state index contributed by atoms with van der Waals surface area (Å²) in [6, 6.07) is 6.01. The molecule has 1 unspecified atom stereocenters. The van der Waals surface area contributed by atoms with E-state index in [1.165, 1.54) is 0 Å². The molecule has 0 amide bonds. The summed E-state index contributed by atoms with van der Waals surface area (Å²) in [6.07, 6.45) is 5.12. The summed E-state index contributed by atoms with van der Waals surface area (Å²) in [5.41, 5.74) is 6.97. The number of nitrogens with zero attached hydrogens (tertiary/aromatic N) is 1. The molecular weight excluding hydrogens is 216 g/mol. The topological polar surface area (TPSA) is 55.5 Å². The van der Waals surface area contributed by atoms with Crippen molar-refractivity contribution in [3.8, 4) is 0 Å². The molecule has 4 heteroatoms. The van der Waals surface area contributed by atoms with Gasteiger partial charge in [-0.15, -0.1) is 0 Å². The molecule has 0 fully saturated rings. The van der Waals surface area contributed by atoms with E-state index >= 15 is 0 Å². The molecule has 2 rings (SSSR count).